The van der Waals surface area contributed by atoms with Gasteiger partial charge in [0.05, 0.1) is 5.69 Å². The van der Waals surface area contributed by atoms with Gasteiger partial charge in [0.1, 0.15) is 11.7 Å². The van der Waals surface area contributed by atoms with E-state index in [0.717, 1.165) is 18.5 Å². The van der Waals surface area contributed by atoms with Crippen molar-refractivity contribution in [3.63, 3.8) is 0 Å². The zero-order chi connectivity index (χ0) is 14.9. The van der Waals surface area contributed by atoms with Crippen LogP contribution in [-0.2, 0) is 17.8 Å². The Morgan fingerprint density at radius 2 is 2.15 bits per heavy atom. The van der Waals surface area contributed by atoms with Crippen LogP contribution in [0.2, 0.25) is 0 Å². The van der Waals surface area contributed by atoms with Crippen molar-refractivity contribution in [3.8, 4) is 0 Å². The molecule has 20 heavy (non-hydrogen) atoms. The lowest BCUT2D eigenvalue weighted by Crippen LogP contribution is -2.43. The zero-order valence-corrected chi connectivity index (χ0v) is 12.2. The maximum Gasteiger partial charge on any atom is 0.326 e. The summed E-state index contributed by atoms with van der Waals surface area (Å²) in [4.78, 5) is 25.4. The van der Waals surface area contributed by atoms with Crippen LogP contribution in [0.15, 0.2) is 6.07 Å². The third-order valence-corrected chi connectivity index (χ3v) is 3.93. The summed E-state index contributed by atoms with van der Waals surface area (Å²) in [5.41, 5.74) is 1.35. The van der Waals surface area contributed by atoms with E-state index in [1.54, 1.807) is 10.7 Å². The highest BCUT2D eigenvalue weighted by Gasteiger charge is 2.40. The molecule has 1 amide bonds. The fourth-order valence-electron chi connectivity index (χ4n) is 2.75. The number of amides is 1. The van der Waals surface area contributed by atoms with E-state index in [2.05, 4.69) is 5.10 Å². The summed E-state index contributed by atoms with van der Waals surface area (Å²) in [5, 5.41) is 13.7. The highest BCUT2D eigenvalue weighted by Crippen LogP contribution is 2.26. The number of aromatic nitrogens is 2. The summed E-state index contributed by atoms with van der Waals surface area (Å²) in [6.07, 6.45) is 1.48. The second-order valence-electron chi connectivity index (χ2n) is 5.24. The van der Waals surface area contributed by atoms with Crippen LogP contribution in [0.1, 0.15) is 43.4 Å². The summed E-state index contributed by atoms with van der Waals surface area (Å²) in [6.45, 7) is 6.87. The molecule has 2 rings (SSSR count). The van der Waals surface area contributed by atoms with E-state index >= 15 is 0 Å². The Morgan fingerprint density at radius 3 is 2.70 bits per heavy atom. The molecule has 110 valence electrons. The van der Waals surface area contributed by atoms with E-state index in [0.29, 0.717) is 18.8 Å². The van der Waals surface area contributed by atoms with Crippen LogP contribution in [0.3, 0.4) is 0 Å². The van der Waals surface area contributed by atoms with Crippen molar-refractivity contribution < 1.29 is 14.7 Å². The van der Waals surface area contributed by atoms with Crippen LogP contribution < -0.4 is 0 Å². The molecule has 1 aromatic heterocycles. The molecule has 1 fully saturated rings. The minimum absolute atomic E-state index is 0.0138. The van der Waals surface area contributed by atoms with Crippen LogP contribution in [0, 0.1) is 5.92 Å². The molecule has 2 unspecified atom stereocenters. The summed E-state index contributed by atoms with van der Waals surface area (Å²) in [7, 11) is 0. The van der Waals surface area contributed by atoms with Gasteiger partial charge in [0.25, 0.3) is 5.91 Å². The fourth-order valence-corrected chi connectivity index (χ4v) is 2.75. The van der Waals surface area contributed by atoms with E-state index < -0.39 is 12.0 Å². The van der Waals surface area contributed by atoms with Gasteiger partial charge >= 0.3 is 5.97 Å². The Morgan fingerprint density at radius 1 is 1.45 bits per heavy atom. The first kappa shape index (κ1) is 14.6. The van der Waals surface area contributed by atoms with Crippen molar-refractivity contribution in [1.82, 2.24) is 14.7 Å². The first-order chi connectivity index (χ1) is 9.49. The van der Waals surface area contributed by atoms with Gasteiger partial charge < -0.3 is 10.0 Å². The van der Waals surface area contributed by atoms with Crippen molar-refractivity contribution >= 4 is 11.9 Å². The normalized spacial score (nSPS) is 22.2. The van der Waals surface area contributed by atoms with Gasteiger partial charge in [-0.1, -0.05) is 13.8 Å². The van der Waals surface area contributed by atoms with Gasteiger partial charge in [-0.3, -0.25) is 9.48 Å². The number of aryl methyl sites for hydroxylation is 2. The number of hydrogen-bond acceptors (Lipinski definition) is 3. The minimum atomic E-state index is -0.929. The van der Waals surface area contributed by atoms with E-state index in [1.807, 2.05) is 20.8 Å². The topological polar surface area (TPSA) is 75.4 Å². The van der Waals surface area contributed by atoms with Gasteiger partial charge in [0, 0.05) is 13.1 Å². The molecule has 2 heterocycles. The summed E-state index contributed by atoms with van der Waals surface area (Å²) < 4.78 is 1.66. The predicted molar refractivity (Wildman–Crippen MR) is 73.5 cm³/mol. The number of rotatable bonds is 4. The molecule has 6 nitrogen and oxygen atoms in total. The predicted octanol–water partition coefficient (Wildman–Crippen LogP) is 1.40. The Balaban J connectivity index is 2.31. The Labute approximate surface area is 118 Å². The van der Waals surface area contributed by atoms with E-state index in [4.69, 9.17) is 0 Å². The van der Waals surface area contributed by atoms with Crippen molar-refractivity contribution in [2.75, 3.05) is 6.54 Å². The third kappa shape index (κ3) is 2.42. The molecular weight excluding hydrogens is 258 g/mol. The average molecular weight is 279 g/mol. The molecule has 0 aromatic carbocycles. The molecule has 0 bridgehead atoms. The van der Waals surface area contributed by atoms with Gasteiger partial charge in [-0.05, 0) is 31.7 Å². The summed E-state index contributed by atoms with van der Waals surface area (Å²) in [6, 6.07) is 1.04. The Bertz CT molecular complexity index is 524. The number of likely N-dealkylation sites (tertiary alicyclic amines) is 1. The fraction of sp³-hybridized carbons (Fsp3) is 0.643. The van der Waals surface area contributed by atoms with Crippen LogP contribution in [-0.4, -0.2) is 44.3 Å². The van der Waals surface area contributed by atoms with E-state index in [-0.39, 0.29) is 11.8 Å². The van der Waals surface area contributed by atoms with Gasteiger partial charge in [0.15, 0.2) is 0 Å². The molecule has 0 aliphatic carbocycles. The molecule has 1 aliphatic rings. The van der Waals surface area contributed by atoms with Crippen molar-refractivity contribution in [2.24, 2.45) is 5.92 Å². The lowest BCUT2D eigenvalue weighted by molar-refractivity contribution is -0.142. The van der Waals surface area contributed by atoms with Gasteiger partial charge in [0.2, 0.25) is 0 Å². The first-order valence-electron chi connectivity index (χ1n) is 7.10. The average Bonchev–Trinajstić information content (AvgIpc) is 3.00. The van der Waals surface area contributed by atoms with E-state index in [1.165, 1.54) is 4.90 Å². The minimum Gasteiger partial charge on any atom is -0.480 e. The van der Waals surface area contributed by atoms with Gasteiger partial charge in [-0.15, -0.1) is 0 Å². The lowest BCUT2D eigenvalue weighted by atomic mass is 10.0. The molecule has 0 radical (unpaired) electrons. The molecule has 0 saturated carbocycles. The molecular formula is C14H21N3O3. The maximum atomic E-state index is 12.6. The quantitative estimate of drug-likeness (QED) is 0.904. The Hall–Kier alpha value is -1.85. The maximum absolute atomic E-state index is 12.6. The molecule has 0 spiro atoms. The molecule has 1 saturated heterocycles. The van der Waals surface area contributed by atoms with Crippen molar-refractivity contribution in [3.05, 3.63) is 17.5 Å². The monoisotopic (exact) mass is 279 g/mol. The first-order valence-corrected chi connectivity index (χ1v) is 7.10. The molecule has 1 N–H and O–H groups in total. The highest BCUT2D eigenvalue weighted by molar-refractivity contribution is 5.95. The zero-order valence-electron chi connectivity index (χ0n) is 12.2. The van der Waals surface area contributed by atoms with Gasteiger partial charge in [-0.25, -0.2) is 4.79 Å². The molecule has 6 heteroatoms. The molecule has 1 aromatic rings. The summed E-state index contributed by atoms with van der Waals surface area (Å²) >= 11 is 0. The standard InChI is InChI=1S/C14H21N3O3/c1-4-10-8-11(17(5-2)15-10)13(18)16-7-6-9(3)12(16)14(19)20/h8-9,12H,4-7H2,1-3H3,(H,19,20). The van der Waals surface area contributed by atoms with Crippen LogP contribution in [0.25, 0.3) is 0 Å². The van der Waals surface area contributed by atoms with Crippen LogP contribution >= 0.6 is 0 Å². The van der Waals surface area contributed by atoms with Crippen molar-refractivity contribution in [2.45, 2.75) is 46.2 Å². The number of carboxylic acid groups (broad SMARTS) is 1. The number of aliphatic carboxylic acids is 1. The van der Waals surface area contributed by atoms with E-state index in [9.17, 15) is 14.7 Å². The Kier molecular flexibility index (Phi) is 4.11. The number of carboxylic acids is 1. The third-order valence-electron chi connectivity index (χ3n) is 3.93. The summed E-state index contributed by atoms with van der Waals surface area (Å²) in [5.74, 6) is -1.17. The highest BCUT2D eigenvalue weighted by atomic mass is 16.4. The van der Waals surface area contributed by atoms with Crippen LogP contribution in [0.4, 0.5) is 0 Å². The second-order valence-corrected chi connectivity index (χ2v) is 5.24. The van der Waals surface area contributed by atoms with Crippen LogP contribution in [0.5, 0.6) is 0 Å². The number of carbonyl (C=O) groups is 2. The SMILES string of the molecule is CCc1cc(C(=O)N2CCC(C)C2C(=O)O)n(CC)n1. The molecule has 2 atom stereocenters. The lowest BCUT2D eigenvalue weighted by Gasteiger charge is -2.23. The number of hydrogen-bond donors (Lipinski definition) is 1. The second kappa shape index (κ2) is 5.64. The molecule has 1 aliphatic heterocycles. The smallest absolute Gasteiger partial charge is 0.326 e. The number of nitrogens with zero attached hydrogens (tertiary/aromatic N) is 3. The largest absolute Gasteiger partial charge is 0.480 e. The number of carbonyl (C=O) groups excluding carboxylic acids is 1. The van der Waals surface area contributed by atoms with Gasteiger partial charge in [-0.2, -0.15) is 5.10 Å². The van der Waals surface area contributed by atoms with Crippen molar-refractivity contribution in [1.29, 1.82) is 0 Å².